The van der Waals surface area contributed by atoms with Crippen molar-refractivity contribution in [2.24, 2.45) is 7.05 Å². The van der Waals surface area contributed by atoms with Crippen molar-refractivity contribution in [3.63, 3.8) is 0 Å². The Morgan fingerprint density at radius 2 is 2.00 bits per heavy atom. The smallest absolute Gasteiger partial charge is 0.268 e. The predicted octanol–water partition coefficient (Wildman–Crippen LogP) is 3.66. The van der Waals surface area contributed by atoms with Crippen molar-refractivity contribution in [2.45, 2.75) is 13.0 Å². The van der Waals surface area contributed by atoms with Crippen LogP contribution in [0.25, 0.3) is 16.3 Å². The van der Waals surface area contributed by atoms with Crippen molar-refractivity contribution in [3.8, 4) is 0 Å². The molecule has 26 heavy (non-hydrogen) atoms. The molecule has 1 unspecified atom stereocenters. The van der Waals surface area contributed by atoms with E-state index in [2.05, 4.69) is 41.0 Å². The summed E-state index contributed by atoms with van der Waals surface area (Å²) in [6, 6.07) is 16.4. The highest BCUT2D eigenvalue weighted by Gasteiger charge is 2.18. The molecule has 0 saturated carbocycles. The number of nitrogens with zero attached hydrogens (tertiary/aromatic N) is 1. The third-order valence-corrected chi connectivity index (χ3v) is 5.05. The van der Waals surface area contributed by atoms with Gasteiger partial charge in [0.25, 0.3) is 5.91 Å². The van der Waals surface area contributed by atoms with E-state index >= 15 is 0 Å². The first kappa shape index (κ1) is 16.6. The first-order valence-corrected chi connectivity index (χ1v) is 8.98. The van der Waals surface area contributed by atoms with Crippen LogP contribution in [0.2, 0.25) is 0 Å². The van der Waals surface area contributed by atoms with Gasteiger partial charge in [0.05, 0.1) is 6.04 Å². The number of rotatable bonds is 4. The zero-order valence-electron chi connectivity index (χ0n) is 15.1. The molecule has 4 nitrogen and oxygen atoms in total. The third-order valence-electron chi connectivity index (χ3n) is 5.05. The molecule has 132 valence electrons. The van der Waals surface area contributed by atoms with Crippen molar-refractivity contribution in [1.82, 2.24) is 15.2 Å². The fourth-order valence-corrected chi connectivity index (χ4v) is 3.64. The van der Waals surface area contributed by atoms with Crippen molar-refractivity contribution in [1.29, 1.82) is 0 Å². The van der Waals surface area contributed by atoms with Crippen molar-refractivity contribution < 1.29 is 4.79 Å². The van der Waals surface area contributed by atoms with Gasteiger partial charge in [0.1, 0.15) is 5.69 Å². The van der Waals surface area contributed by atoms with E-state index in [0.29, 0.717) is 5.69 Å². The van der Waals surface area contributed by atoms with Gasteiger partial charge in [-0.25, -0.2) is 0 Å². The van der Waals surface area contributed by atoms with Crippen LogP contribution in [-0.2, 0) is 7.05 Å². The van der Waals surface area contributed by atoms with Gasteiger partial charge in [0.2, 0.25) is 0 Å². The fourth-order valence-electron chi connectivity index (χ4n) is 3.64. The molecule has 2 heterocycles. The first-order valence-electron chi connectivity index (χ1n) is 8.98. The predicted molar refractivity (Wildman–Crippen MR) is 106 cm³/mol. The van der Waals surface area contributed by atoms with Gasteiger partial charge in [-0.1, -0.05) is 48.5 Å². The van der Waals surface area contributed by atoms with Gasteiger partial charge < -0.3 is 15.2 Å². The lowest BCUT2D eigenvalue weighted by atomic mass is 9.99. The summed E-state index contributed by atoms with van der Waals surface area (Å²) >= 11 is 0. The summed E-state index contributed by atoms with van der Waals surface area (Å²) in [5, 5.41) is 8.82. The first-order chi connectivity index (χ1) is 12.6. The van der Waals surface area contributed by atoms with Gasteiger partial charge in [0, 0.05) is 26.3 Å². The average molecular weight is 345 g/mol. The molecule has 1 atom stereocenters. The molecular weight excluding hydrogens is 322 g/mol. The summed E-state index contributed by atoms with van der Waals surface area (Å²) in [5.74, 6) is -0.0502. The summed E-state index contributed by atoms with van der Waals surface area (Å²) in [6.45, 7) is 3.79. The lowest BCUT2D eigenvalue weighted by molar-refractivity contribution is 0.0932. The number of carbonyl (C=O) groups is 1. The SMILES string of the molecule is CC(NC(=O)c1cc(C2=CCNC2)cn1C)c1cccc2ccccc12. The van der Waals surface area contributed by atoms with E-state index in [0.717, 1.165) is 24.2 Å². The molecular formula is C22H23N3O. The van der Waals surface area contributed by atoms with Gasteiger partial charge in [-0.15, -0.1) is 0 Å². The summed E-state index contributed by atoms with van der Waals surface area (Å²) in [5.41, 5.74) is 4.18. The number of hydrogen-bond donors (Lipinski definition) is 2. The summed E-state index contributed by atoms with van der Waals surface area (Å²) < 4.78 is 1.90. The quantitative estimate of drug-likeness (QED) is 0.758. The monoisotopic (exact) mass is 345 g/mol. The van der Waals surface area contributed by atoms with Crippen LogP contribution in [0.1, 0.15) is 34.6 Å². The number of nitrogens with one attached hydrogen (secondary N) is 2. The third kappa shape index (κ3) is 3.04. The Morgan fingerprint density at radius 3 is 2.81 bits per heavy atom. The zero-order chi connectivity index (χ0) is 18.1. The van der Waals surface area contributed by atoms with Crippen molar-refractivity contribution in [2.75, 3.05) is 13.1 Å². The van der Waals surface area contributed by atoms with Crippen LogP contribution in [-0.4, -0.2) is 23.6 Å². The molecule has 0 spiro atoms. The van der Waals surface area contributed by atoms with Crippen molar-refractivity contribution in [3.05, 3.63) is 77.6 Å². The van der Waals surface area contributed by atoms with Gasteiger partial charge in [0.15, 0.2) is 0 Å². The molecule has 4 rings (SSSR count). The topological polar surface area (TPSA) is 46.1 Å². The number of aromatic nitrogens is 1. The van der Waals surface area contributed by atoms with E-state index in [9.17, 15) is 4.79 Å². The Kier molecular flexibility index (Phi) is 4.35. The fraction of sp³-hybridized carbons (Fsp3) is 0.227. The zero-order valence-corrected chi connectivity index (χ0v) is 15.1. The molecule has 2 aromatic carbocycles. The average Bonchev–Trinajstić information content (AvgIpc) is 3.30. The van der Waals surface area contributed by atoms with Crippen molar-refractivity contribution >= 4 is 22.3 Å². The molecule has 0 aliphatic carbocycles. The minimum atomic E-state index is -0.0701. The number of carbonyl (C=O) groups excluding carboxylic acids is 1. The van der Waals surface area contributed by atoms with E-state index in [1.165, 1.54) is 16.3 Å². The number of aryl methyl sites for hydroxylation is 1. The Morgan fingerprint density at radius 1 is 1.19 bits per heavy atom. The Labute approximate surface area is 153 Å². The lowest BCUT2D eigenvalue weighted by Crippen LogP contribution is -2.28. The van der Waals surface area contributed by atoms with Crippen LogP contribution in [0.5, 0.6) is 0 Å². The van der Waals surface area contributed by atoms with Gasteiger partial charge >= 0.3 is 0 Å². The molecule has 0 bridgehead atoms. The maximum Gasteiger partial charge on any atom is 0.268 e. The highest BCUT2D eigenvalue weighted by Crippen LogP contribution is 2.25. The second-order valence-corrected chi connectivity index (χ2v) is 6.85. The Hall–Kier alpha value is -2.85. The van der Waals surface area contributed by atoms with E-state index in [4.69, 9.17) is 0 Å². The van der Waals surface area contributed by atoms with Gasteiger partial charge in [-0.05, 0) is 40.5 Å². The summed E-state index contributed by atoms with van der Waals surface area (Å²) in [7, 11) is 1.92. The molecule has 3 aromatic rings. The number of amides is 1. The van der Waals surface area contributed by atoms with Crippen LogP contribution >= 0.6 is 0 Å². The molecule has 2 N–H and O–H groups in total. The minimum Gasteiger partial charge on any atom is -0.346 e. The molecule has 1 amide bonds. The molecule has 0 fully saturated rings. The van der Waals surface area contributed by atoms with E-state index in [1.54, 1.807) is 0 Å². The molecule has 0 radical (unpaired) electrons. The normalized spacial score (nSPS) is 15.1. The number of fused-ring (bicyclic) bond motifs is 1. The van der Waals surface area contributed by atoms with E-state index in [1.807, 2.05) is 49.0 Å². The van der Waals surface area contributed by atoms with Crippen LogP contribution < -0.4 is 10.6 Å². The largest absolute Gasteiger partial charge is 0.346 e. The molecule has 1 aliphatic heterocycles. The Balaban J connectivity index is 1.58. The highest BCUT2D eigenvalue weighted by molar-refractivity contribution is 5.95. The lowest BCUT2D eigenvalue weighted by Gasteiger charge is -2.17. The molecule has 1 aliphatic rings. The maximum absolute atomic E-state index is 12.8. The number of benzene rings is 2. The number of hydrogen-bond acceptors (Lipinski definition) is 2. The molecule has 0 saturated heterocycles. The second kappa shape index (κ2) is 6.81. The minimum absolute atomic E-state index is 0.0502. The van der Waals surface area contributed by atoms with E-state index < -0.39 is 0 Å². The van der Waals surface area contributed by atoms with Gasteiger partial charge in [-0.2, -0.15) is 0 Å². The molecule has 4 heteroatoms. The van der Waals surface area contributed by atoms with Crippen LogP contribution in [0.3, 0.4) is 0 Å². The summed E-state index contributed by atoms with van der Waals surface area (Å²) in [6.07, 6.45) is 4.20. The Bertz CT molecular complexity index is 994. The summed E-state index contributed by atoms with van der Waals surface area (Å²) in [4.78, 5) is 12.8. The maximum atomic E-state index is 12.8. The van der Waals surface area contributed by atoms with Crippen LogP contribution in [0.4, 0.5) is 0 Å². The molecule has 1 aromatic heterocycles. The van der Waals surface area contributed by atoms with Gasteiger partial charge in [-0.3, -0.25) is 4.79 Å². The van der Waals surface area contributed by atoms with E-state index in [-0.39, 0.29) is 11.9 Å². The standard InChI is InChI=1S/C22H23N3O/c1-15(19-9-5-7-16-6-3-4-8-20(16)19)24-22(26)21-12-18(14-25(21)2)17-10-11-23-13-17/h3-10,12,14-15,23H,11,13H2,1-2H3,(H,24,26). The van der Waals surface area contributed by atoms with Crippen LogP contribution in [0.15, 0.2) is 60.8 Å². The second-order valence-electron chi connectivity index (χ2n) is 6.85. The van der Waals surface area contributed by atoms with Crippen LogP contribution in [0, 0.1) is 0 Å². The highest BCUT2D eigenvalue weighted by atomic mass is 16.2.